The summed E-state index contributed by atoms with van der Waals surface area (Å²) in [7, 11) is 0. The molecule has 0 N–H and O–H groups in total. The Kier molecular flexibility index (Phi) is 63.2. The van der Waals surface area contributed by atoms with Crippen molar-refractivity contribution in [1.82, 2.24) is 0 Å². The zero-order valence-electron chi connectivity index (χ0n) is 51.7. The van der Waals surface area contributed by atoms with Crippen LogP contribution in [-0.2, 0) is 28.6 Å². The highest BCUT2D eigenvalue weighted by Crippen LogP contribution is 2.16. The molecule has 1 atom stereocenters. The van der Waals surface area contributed by atoms with Crippen LogP contribution in [0.3, 0.4) is 0 Å². The van der Waals surface area contributed by atoms with E-state index in [1.54, 1.807) is 0 Å². The Morgan fingerprint density at radius 3 is 0.731 bits per heavy atom. The van der Waals surface area contributed by atoms with Crippen LogP contribution in [0.4, 0.5) is 0 Å². The number of hydrogen-bond acceptors (Lipinski definition) is 6. The molecule has 0 aliphatic carbocycles. The molecule has 0 aromatic heterocycles. The summed E-state index contributed by atoms with van der Waals surface area (Å²) in [4.78, 5) is 38.4. The summed E-state index contributed by atoms with van der Waals surface area (Å²) in [5.41, 5.74) is 0. The molecule has 6 nitrogen and oxygen atoms in total. The van der Waals surface area contributed by atoms with E-state index in [0.717, 1.165) is 109 Å². The van der Waals surface area contributed by atoms with Crippen molar-refractivity contribution in [3.63, 3.8) is 0 Å². The second-order valence-corrected chi connectivity index (χ2v) is 22.4. The molecule has 0 heterocycles. The van der Waals surface area contributed by atoms with Gasteiger partial charge in [-0.2, -0.15) is 0 Å². The number of unbranched alkanes of at least 4 members (excludes halogenated alkanes) is 36. The summed E-state index contributed by atoms with van der Waals surface area (Å²) in [6.45, 7) is 6.61. The molecular formula is C72H126O6. The Morgan fingerprint density at radius 2 is 0.462 bits per heavy atom. The lowest BCUT2D eigenvalue weighted by molar-refractivity contribution is -0.167. The van der Waals surface area contributed by atoms with E-state index in [2.05, 4.69) is 106 Å². The third kappa shape index (κ3) is 63.4. The Hall–Kier alpha value is -3.41. The molecule has 0 saturated carbocycles. The highest BCUT2D eigenvalue weighted by molar-refractivity contribution is 5.71. The Labute approximate surface area is 484 Å². The highest BCUT2D eigenvalue weighted by Gasteiger charge is 2.19. The third-order valence-electron chi connectivity index (χ3n) is 14.6. The van der Waals surface area contributed by atoms with Gasteiger partial charge in [0, 0.05) is 19.3 Å². The number of ether oxygens (including phenoxy) is 3. The number of carbonyl (C=O) groups is 3. The molecule has 0 spiro atoms. The van der Waals surface area contributed by atoms with Crippen LogP contribution in [0.5, 0.6) is 0 Å². The average molecular weight is 1090 g/mol. The van der Waals surface area contributed by atoms with E-state index in [1.165, 1.54) is 186 Å². The standard InChI is InChI=1S/C72H126O6/c1-4-7-10-13-16-19-22-25-28-31-33-35-36-38-39-41-44-47-50-53-56-59-62-65-71(74)77-68-69(67-76-70(73)64-61-58-55-52-49-46-43-30-27-24-21-18-15-12-9-6-3)78-72(75)66-63-60-57-54-51-48-45-42-40-37-34-32-29-26-23-20-17-14-11-8-5-2/h21-26,30-34,40,42-43,69H,4-20,27-29,35-39,41,44-68H2,1-3H3/b24-21-,25-22-,26-23-,33-31-,34-32-,42-40-,43-30-. The van der Waals surface area contributed by atoms with Crippen LogP contribution in [-0.4, -0.2) is 37.2 Å². The van der Waals surface area contributed by atoms with Gasteiger partial charge in [0.2, 0.25) is 0 Å². The molecule has 450 valence electrons. The Bertz CT molecular complexity index is 1480. The summed E-state index contributed by atoms with van der Waals surface area (Å²) in [5, 5.41) is 0. The molecule has 0 bridgehead atoms. The normalized spacial score (nSPS) is 12.6. The first kappa shape index (κ1) is 74.6. The van der Waals surface area contributed by atoms with Crippen molar-refractivity contribution in [3.05, 3.63) is 85.1 Å². The second kappa shape index (κ2) is 66.1. The first-order chi connectivity index (χ1) is 38.5. The molecule has 0 fully saturated rings. The van der Waals surface area contributed by atoms with Crippen LogP contribution < -0.4 is 0 Å². The van der Waals surface area contributed by atoms with Gasteiger partial charge in [0.05, 0.1) is 0 Å². The van der Waals surface area contributed by atoms with Crippen LogP contribution in [0.15, 0.2) is 85.1 Å². The predicted octanol–water partition coefficient (Wildman–Crippen LogP) is 23.1. The van der Waals surface area contributed by atoms with Crippen molar-refractivity contribution in [3.8, 4) is 0 Å². The Morgan fingerprint density at radius 1 is 0.256 bits per heavy atom. The lowest BCUT2D eigenvalue weighted by Gasteiger charge is -2.18. The fourth-order valence-corrected chi connectivity index (χ4v) is 9.51. The quantitative estimate of drug-likeness (QED) is 0.0261. The topological polar surface area (TPSA) is 78.9 Å². The van der Waals surface area contributed by atoms with E-state index in [9.17, 15) is 14.4 Å². The molecule has 0 radical (unpaired) electrons. The number of rotatable bonds is 61. The van der Waals surface area contributed by atoms with E-state index in [-0.39, 0.29) is 31.1 Å². The maximum absolute atomic E-state index is 12.9. The first-order valence-corrected chi connectivity index (χ1v) is 33.6. The molecule has 0 rings (SSSR count). The van der Waals surface area contributed by atoms with Gasteiger partial charge in [0.15, 0.2) is 6.10 Å². The Balaban J connectivity index is 4.40. The zero-order chi connectivity index (χ0) is 56.4. The van der Waals surface area contributed by atoms with Crippen molar-refractivity contribution >= 4 is 17.9 Å². The summed E-state index contributed by atoms with van der Waals surface area (Å²) in [6, 6.07) is 0. The smallest absolute Gasteiger partial charge is 0.306 e. The van der Waals surface area contributed by atoms with Crippen molar-refractivity contribution in [2.75, 3.05) is 13.2 Å². The molecule has 0 amide bonds. The molecule has 0 aromatic carbocycles. The fraction of sp³-hybridized carbons (Fsp3) is 0.764. The van der Waals surface area contributed by atoms with Crippen LogP contribution >= 0.6 is 0 Å². The lowest BCUT2D eigenvalue weighted by Crippen LogP contribution is -2.30. The van der Waals surface area contributed by atoms with E-state index < -0.39 is 6.10 Å². The summed E-state index contributed by atoms with van der Waals surface area (Å²) >= 11 is 0. The largest absolute Gasteiger partial charge is 0.462 e. The minimum Gasteiger partial charge on any atom is -0.462 e. The van der Waals surface area contributed by atoms with E-state index in [4.69, 9.17) is 14.2 Å². The number of allylic oxidation sites excluding steroid dienone is 14. The maximum Gasteiger partial charge on any atom is 0.306 e. The number of hydrogen-bond donors (Lipinski definition) is 0. The SMILES string of the molecule is CCCCCC/C=C\C/C=C\CCCCCCCC(=O)OCC(COC(=O)CCCCCCCCCCCCC/C=C\C/C=C\CCCCCCC)OC(=O)CCCCCCCC/C=C\C/C=C\C/C=C\CCCCCCC. The van der Waals surface area contributed by atoms with Crippen LogP contribution in [0, 0.1) is 0 Å². The molecule has 0 aromatic rings. The van der Waals surface area contributed by atoms with Gasteiger partial charge in [-0.05, 0) is 122 Å². The minimum absolute atomic E-state index is 0.0866. The predicted molar refractivity (Wildman–Crippen MR) is 339 cm³/mol. The van der Waals surface area contributed by atoms with Gasteiger partial charge >= 0.3 is 17.9 Å². The van der Waals surface area contributed by atoms with Gasteiger partial charge in [0.25, 0.3) is 0 Å². The van der Waals surface area contributed by atoms with Crippen molar-refractivity contribution in [2.24, 2.45) is 0 Å². The average Bonchev–Trinajstić information content (AvgIpc) is 3.44. The van der Waals surface area contributed by atoms with Gasteiger partial charge in [-0.15, -0.1) is 0 Å². The second-order valence-electron chi connectivity index (χ2n) is 22.4. The van der Waals surface area contributed by atoms with Crippen LogP contribution in [0.25, 0.3) is 0 Å². The van der Waals surface area contributed by atoms with Crippen LogP contribution in [0.2, 0.25) is 0 Å². The zero-order valence-corrected chi connectivity index (χ0v) is 51.7. The van der Waals surface area contributed by atoms with Gasteiger partial charge in [-0.25, -0.2) is 0 Å². The first-order valence-electron chi connectivity index (χ1n) is 33.6. The number of esters is 3. The fourth-order valence-electron chi connectivity index (χ4n) is 9.51. The molecule has 0 saturated heterocycles. The monoisotopic (exact) mass is 1090 g/mol. The highest BCUT2D eigenvalue weighted by atomic mass is 16.6. The third-order valence-corrected chi connectivity index (χ3v) is 14.6. The van der Waals surface area contributed by atoms with E-state index in [0.29, 0.717) is 19.3 Å². The van der Waals surface area contributed by atoms with Crippen molar-refractivity contribution in [2.45, 2.75) is 341 Å². The molecule has 78 heavy (non-hydrogen) atoms. The van der Waals surface area contributed by atoms with Crippen LogP contribution in [0.1, 0.15) is 335 Å². The van der Waals surface area contributed by atoms with Gasteiger partial charge in [-0.1, -0.05) is 279 Å². The van der Waals surface area contributed by atoms with Gasteiger partial charge in [-0.3, -0.25) is 14.4 Å². The summed E-state index contributed by atoms with van der Waals surface area (Å²) in [6.07, 6.45) is 87.3. The molecular weight excluding hydrogens is 961 g/mol. The lowest BCUT2D eigenvalue weighted by atomic mass is 10.0. The van der Waals surface area contributed by atoms with E-state index in [1.807, 2.05) is 0 Å². The van der Waals surface area contributed by atoms with Gasteiger partial charge < -0.3 is 14.2 Å². The molecule has 1 unspecified atom stereocenters. The molecule has 0 aliphatic heterocycles. The number of carbonyl (C=O) groups excluding carboxylic acids is 3. The molecule has 0 aliphatic rings. The maximum atomic E-state index is 12.9. The minimum atomic E-state index is -0.793. The summed E-state index contributed by atoms with van der Waals surface area (Å²) < 4.78 is 16.9. The van der Waals surface area contributed by atoms with Crippen molar-refractivity contribution in [1.29, 1.82) is 0 Å². The van der Waals surface area contributed by atoms with Gasteiger partial charge in [0.1, 0.15) is 13.2 Å². The van der Waals surface area contributed by atoms with Crippen molar-refractivity contribution < 1.29 is 28.6 Å². The van der Waals surface area contributed by atoms with E-state index >= 15 is 0 Å². The molecule has 6 heteroatoms. The summed E-state index contributed by atoms with van der Waals surface area (Å²) in [5.74, 6) is -0.901.